The lowest BCUT2D eigenvalue weighted by atomic mass is 10.1. The van der Waals surface area contributed by atoms with Crippen molar-refractivity contribution in [1.82, 2.24) is 10.8 Å². The monoisotopic (exact) mass is 351 g/mol. The van der Waals surface area contributed by atoms with E-state index in [1.807, 2.05) is 24.3 Å². The molecule has 2 N–H and O–H groups in total. The third-order valence-electron chi connectivity index (χ3n) is 3.43. The van der Waals surface area contributed by atoms with Gasteiger partial charge in [-0.05, 0) is 36.6 Å². The van der Waals surface area contributed by atoms with Crippen LogP contribution >= 0.6 is 11.6 Å². The molecule has 1 aliphatic heterocycles. The van der Waals surface area contributed by atoms with E-state index in [4.69, 9.17) is 11.6 Å². The Bertz CT molecular complexity index is 525. The molecule has 1 atom stereocenters. The molecular formula is C14H17ClF3N3O2. The molecule has 1 saturated heterocycles. The molecule has 0 aromatic heterocycles. The Balaban J connectivity index is 1.67. The van der Waals surface area contributed by atoms with Crippen molar-refractivity contribution < 1.29 is 22.8 Å². The summed E-state index contributed by atoms with van der Waals surface area (Å²) in [7, 11) is 0. The quantitative estimate of drug-likeness (QED) is 0.802. The topological polar surface area (TPSA) is 53.6 Å². The summed E-state index contributed by atoms with van der Waals surface area (Å²) in [5, 5.41) is 3.17. The summed E-state index contributed by atoms with van der Waals surface area (Å²) in [6, 6.07) is 6.70. The first-order chi connectivity index (χ1) is 10.8. The van der Waals surface area contributed by atoms with Crippen molar-refractivity contribution in [3.05, 3.63) is 29.3 Å². The van der Waals surface area contributed by atoms with Crippen molar-refractivity contribution in [1.29, 1.82) is 0 Å². The number of nitrogens with zero attached hydrogens (tertiary/aromatic N) is 1. The highest BCUT2D eigenvalue weighted by Crippen LogP contribution is 2.24. The molecule has 1 aliphatic rings. The normalized spacial score (nSPS) is 18.1. The SMILES string of the molecule is O=C(NCC1CCN(c2ccc(Cl)cc2)C1)NOCC(F)(F)F. The molecule has 1 aromatic carbocycles. The van der Waals surface area contributed by atoms with Crippen LogP contribution < -0.4 is 15.7 Å². The zero-order chi connectivity index (χ0) is 16.9. The number of alkyl halides is 3. The lowest BCUT2D eigenvalue weighted by Gasteiger charge is -2.19. The number of carbonyl (C=O) groups is 1. The standard InChI is InChI=1S/C14H17ClF3N3O2/c15-11-1-3-12(4-2-11)21-6-5-10(8-21)7-19-13(22)20-23-9-14(16,17)18/h1-4,10H,5-9H2,(H2,19,20,22). The summed E-state index contributed by atoms with van der Waals surface area (Å²) in [5.41, 5.74) is 2.76. The molecule has 0 bridgehead atoms. The number of nitrogens with one attached hydrogen (secondary N) is 2. The van der Waals surface area contributed by atoms with Gasteiger partial charge < -0.3 is 10.2 Å². The number of rotatable bonds is 5. The van der Waals surface area contributed by atoms with Crippen molar-refractivity contribution in [2.24, 2.45) is 5.92 Å². The van der Waals surface area contributed by atoms with E-state index in [0.29, 0.717) is 11.6 Å². The zero-order valence-corrected chi connectivity index (χ0v) is 13.0. The van der Waals surface area contributed by atoms with E-state index in [0.717, 1.165) is 25.2 Å². The average molecular weight is 352 g/mol. The summed E-state index contributed by atoms with van der Waals surface area (Å²) in [5.74, 6) is 0.221. The Kier molecular flexibility index (Phi) is 5.95. The van der Waals surface area contributed by atoms with Crippen molar-refractivity contribution >= 4 is 23.3 Å². The maximum atomic E-state index is 11.9. The number of hydrogen-bond donors (Lipinski definition) is 2. The Morgan fingerprint density at radius 3 is 2.70 bits per heavy atom. The zero-order valence-electron chi connectivity index (χ0n) is 12.2. The van der Waals surface area contributed by atoms with E-state index in [-0.39, 0.29) is 5.92 Å². The third kappa shape index (κ3) is 6.15. The van der Waals surface area contributed by atoms with Crippen LogP contribution in [0.2, 0.25) is 5.02 Å². The number of hydroxylamine groups is 1. The molecule has 0 aliphatic carbocycles. The summed E-state index contributed by atoms with van der Waals surface area (Å²) < 4.78 is 35.6. The van der Waals surface area contributed by atoms with Crippen molar-refractivity contribution in [2.75, 3.05) is 31.1 Å². The number of carbonyl (C=O) groups excluding carboxylic acids is 1. The Hall–Kier alpha value is -1.67. The highest BCUT2D eigenvalue weighted by atomic mass is 35.5. The second-order valence-corrected chi connectivity index (χ2v) is 5.73. The van der Waals surface area contributed by atoms with Crippen LogP contribution in [0.5, 0.6) is 0 Å². The molecular weight excluding hydrogens is 335 g/mol. The van der Waals surface area contributed by atoms with Crippen LogP contribution in [-0.4, -0.2) is 38.4 Å². The molecule has 0 saturated carbocycles. The molecule has 23 heavy (non-hydrogen) atoms. The van der Waals surface area contributed by atoms with Crippen LogP contribution in [0.1, 0.15) is 6.42 Å². The van der Waals surface area contributed by atoms with Gasteiger partial charge in [0.05, 0.1) is 0 Å². The van der Waals surface area contributed by atoms with Crippen LogP contribution in [0.25, 0.3) is 0 Å². The van der Waals surface area contributed by atoms with Crippen molar-refractivity contribution in [2.45, 2.75) is 12.6 Å². The van der Waals surface area contributed by atoms with Crippen LogP contribution in [0, 0.1) is 5.92 Å². The number of anilines is 1. The van der Waals surface area contributed by atoms with Gasteiger partial charge in [-0.2, -0.15) is 13.2 Å². The van der Waals surface area contributed by atoms with E-state index in [1.165, 1.54) is 0 Å². The number of amides is 2. The van der Waals surface area contributed by atoms with Gasteiger partial charge in [0.15, 0.2) is 6.61 Å². The van der Waals surface area contributed by atoms with Gasteiger partial charge in [-0.3, -0.25) is 4.84 Å². The fraction of sp³-hybridized carbons (Fsp3) is 0.500. The highest BCUT2D eigenvalue weighted by Gasteiger charge is 2.28. The first-order valence-electron chi connectivity index (χ1n) is 7.06. The maximum absolute atomic E-state index is 11.9. The molecule has 1 fully saturated rings. The predicted octanol–water partition coefficient (Wildman–Crippen LogP) is 2.96. The molecule has 2 amide bonds. The van der Waals surface area contributed by atoms with Gasteiger partial charge in [-0.25, -0.2) is 10.3 Å². The maximum Gasteiger partial charge on any atom is 0.414 e. The second-order valence-electron chi connectivity index (χ2n) is 5.29. The predicted molar refractivity (Wildman–Crippen MR) is 80.3 cm³/mol. The lowest BCUT2D eigenvalue weighted by Crippen LogP contribution is -2.40. The summed E-state index contributed by atoms with van der Waals surface area (Å²) >= 11 is 5.85. The molecule has 2 rings (SSSR count). The Labute approximate surface area is 136 Å². The van der Waals surface area contributed by atoms with Gasteiger partial charge in [0.1, 0.15) is 0 Å². The number of urea groups is 1. The van der Waals surface area contributed by atoms with Crippen LogP contribution in [0.3, 0.4) is 0 Å². The van der Waals surface area contributed by atoms with Gasteiger partial charge in [-0.1, -0.05) is 11.6 Å². The fourth-order valence-corrected chi connectivity index (χ4v) is 2.47. The van der Waals surface area contributed by atoms with Crippen LogP contribution in [0.4, 0.5) is 23.7 Å². The molecule has 1 heterocycles. The van der Waals surface area contributed by atoms with Crippen molar-refractivity contribution in [3.8, 4) is 0 Å². The van der Waals surface area contributed by atoms with Gasteiger partial charge in [0, 0.05) is 30.3 Å². The van der Waals surface area contributed by atoms with Gasteiger partial charge in [0.2, 0.25) is 0 Å². The van der Waals surface area contributed by atoms with Crippen LogP contribution in [-0.2, 0) is 4.84 Å². The molecule has 9 heteroatoms. The molecule has 5 nitrogen and oxygen atoms in total. The van der Waals surface area contributed by atoms with E-state index in [1.54, 1.807) is 5.48 Å². The number of benzene rings is 1. The molecule has 1 unspecified atom stereocenters. The van der Waals surface area contributed by atoms with E-state index in [2.05, 4.69) is 15.1 Å². The minimum atomic E-state index is -4.47. The van der Waals surface area contributed by atoms with Gasteiger partial charge in [0.25, 0.3) is 0 Å². The summed E-state index contributed by atoms with van der Waals surface area (Å²) in [4.78, 5) is 17.6. The first-order valence-corrected chi connectivity index (χ1v) is 7.44. The van der Waals surface area contributed by atoms with Crippen molar-refractivity contribution in [3.63, 3.8) is 0 Å². The van der Waals surface area contributed by atoms with E-state index >= 15 is 0 Å². The average Bonchev–Trinajstić information content (AvgIpc) is 2.93. The molecule has 128 valence electrons. The molecule has 1 aromatic rings. The lowest BCUT2D eigenvalue weighted by molar-refractivity contribution is -0.184. The second kappa shape index (κ2) is 7.74. The Morgan fingerprint density at radius 1 is 1.35 bits per heavy atom. The first kappa shape index (κ1) is 17.7. The van der Waals surface area contributed by atoms with Crippen LogP contribution in [0.15, 0.2) is 24.3 Å². The summed E-state index contributed by atoms with van der Waals surface area (Å²) in [6.07, 6.45) is -3.59. The number of halogens is 4. The minimum Gasteiger partial charge on any atom is -0.371 e. The fourth-order valence-electron chi connectivity index (χ4n) is 2.34. The number of hydrogen-bond acceptors (Lipinski definition) is 3. The highest BCUT2D eigenvalue weighted by molar-refractivity contribution is 6.30. The Morgan fingerprint density at radius 2 is 2.04 bits per heavy atom. The molecule has 0 spiro atoms. The molecule has 0 radical (unpaired) electrons. The smallest absolute Gasteiger partial charge is 0.371 e. The van der Waals surface area contributed by atoms with Gasteiger partial charge in [-0.15, -0.1) is 0 Å². The third-order valence-corrected chi connectivity index (χ3v) is 3.68. The minimum absolute atomic E-state index is 0.221. The van der Waals surface area contributed by atoms with E-state index < -0.39 is 18.8 Å². The largest absolute Gasteiger partial charge is 0.414 e. The van der Waals surface area contributed by atoms with Gasteiger partial charge >= 0.3 is 12.2 Å². The van der Waals surface area contributed by atoms with E-state index in [9.17, 15) is 18.0 Å². The summed E-state index contributed by atoms with van der Waals surface area (Å²) in [6.45, 7) is 0.449.